The Labute approximate surface area is 206 Å². The van der Waals surface area contributed by atoms with Crippen LogP contribution in [0.4, 0.5) is 5.69 Å². The maximum absolute atomic E-state index is 13.1. The van der Waals surface area contributed by atoms with Gasteiger partial charge in [0.15, 0.2) is 5.43 Å². The van der Waals surface area contributed by atoms with Crippen molar-refractivity contribution in [2.75, 3.05) is 25.5 Å². The number of halogens is 1. The van der Waals surface area contributed by atoms with Gasteiger partial charge in [-0.15, -0.1) is 0 Å². The molecule has 1 amide bonds. The fourth-order valence-corrected chi connectivity index (χ4v) is 5.17. The standard InChI is InChI=1S/C26H34ClN5O2/c1-6-32(20-9-7-19(8-10-20)31(4)5)24-13-18(27)12-21(17(24)3)26(34)29-15-22-23(14-28)30-16(2)11-25(22)33/h11-13,19-20H,6-10,15H2,1-5H3,(H,29,34)(H,30,33). The van der Waals surface area contributed by atoms with E-state index >= 15 is 0 Å². The number of nitriles is 1. The van der Waals surface area contributed by atoms with Gasteiger partial charge in [-0.05, 0) is 78.2 Å². The third-order valence-corrected chi connectivity index (χ3v) is 7.10. The first-order valence-electron chi connectivity index (χ1n) is 11.8. The number of rotatable bonds is 7. The fourth-order valence-electron chi connectivity index (χ4n) is 4.96. The number of hydrogen-bond acceptors (Lipinski definition) is 5. The SMILES string of the molecule is CCN(c1cc(Cl)cc(C(=O)NCc2c(C#N)[nH]c(C)cc2=O)c1C)C1CCC(N(C)C)CC1. The Morgan fingerprint density at radius 3 is 2.41 bits per heavy atom. The Morgan fingerprint density at radius 1 is 1.18 bits per heavy atom. The number of amides is 1. The molecule has 1 saturated carbocycles. The lowest BCUT2D eigenvalue weighted by atomic mass is 9.89. The maximum Gasteiger partial charge on any atom is 0.251 e. The molecule has 1 heterocycles. The number of carbonyl (C=O) groups excluding carboxylic acids is 1. The molecule has 0 saturated heterocycles. The predicted octanol–water partition coefficient (Wildman–Crippen LogP) is 4.15. The summed E-state index contributed by atoms with van der Waals surface area (Å²) >= 11 is 6.47. The lowest BCUT2D eigenvalue weighted by Gasteiger charge is -2.40. The van der Waals surface area contributed by atoms with E-state index in [-0.39, 0.29) is 29.1 Å². The lowest BCUT2D eigenvalue weighted by molar-refractivity contribution is 0.0950. The normalized spacial score (nSPS) is 17.9. The molecular weight excluding hydrogens is 450 g/mol. The first kappa shape index (κ1) is 25.8. The van der Waals surface area contributed by atoms with Crippen LogP contribution in [0, 0.1) is 25.2 Å². The highest BCUT2D eigenvalue weighted by Gasteiger charge is 2.28. The highest BCUT2D eigenvalue weighted by atomic mass is 35.5. The van der Waals surface area contributed by atoms with Crippen molar-refractivity contribution < 1.29 is 4.79 Å². The van der Waals surface area contributed by atoms with Crippen LogP contribution in [0.1, 0.15) is 65.5 Å². The Balaban J connectivity index is 1.83. The molecule has 0 bridgehead atoms. The maximum atomic E-state index is 13.1. The highest BCUT2D eigenvalue weighted by Crippen LogP contribution is 2.34. The number of benzene rings is 1. The van der Waals surface area contributed by atoms with Gasteiger partial charge in [0.2, 0.25) is 0 Å². The number of aryl methyl sites for hydroxylation is 1. The van der Waals surface area contributed by atoms with Gasteiger partial charge in [0.25, 0.3) is 5.91 Å². The van der Waals surface area contributed by atoms with Crippen molar-refractivity contribution in [3.63, 3.8) is 0 Å². The number of anilines is 1. The summed E-state index contributed by atoms with van der Waals surface area (Å²) in [5.41, 5.74) is 3.04. The Kier molecular flexibility index (Phi) is 8.40. The van der Waals surface area contributed by atoms with Gasteiger partial charge in [-0.2, -0.15) is 5.26 Å². The minimum Gasteiger partial charge on any atom is -0.369 e. The number of hydrogen-bond donors (Lipinski definition) is 2. The summed E-state index contributed by atoms with van der Waals surface area (Å²) in [6.45, 7) is 6.57. The van der Waals surface area contributed by atoms with Crippen LogP contribution in [0.5, 0.6) is 0 Å². The van der Waals surface area contributed by atoms with Crippen molar-refractivity contribution in [2.24, 2.45) is 0 Å². The Hall–Kier alpha value is -2.82. The molecule has 2 N–H and O–H groups in total. The van der Waals surface area contributed by atoms with E-state index in [1.165, 1.54) is 6.07 Å². The summed E-state index contributed by atoms with van der Waals surface area (Å²) < 4.78 is 0. The molecule has 2 aromatic rings. The molecule has 3 rings (SSSR count). The van der Waals surface area contributed by atoms with E-state index in [2.05, 4.69) is 41.1 Å². The molecule has 0 radical (unpaired) electrons. The van der Waals surface area contributed by atoms with Crippen LogP contribution in [-0.4, -0.2) is 48.5 Å². The summed E-state index contributed by atoms with van der Waals surface area (Å²) in [6, 6.07) is 8.04. The molecule has 1 fully saturated rings. The summed E-state index contributed by atoms with van der Waals surface area (Å²) in [5.74, 6) is -0.322. The fraction of sp³-hybridized carbons (Fsp3) is 0.500. The molecule has 0 spiro atoms. The van der Waals surface area contributed by atoms with Gasteiger partial charge in [-0.1, -0.05) is 11.6 Å². The lowest BCUT2D eigenvalue weighted by Crippen LogP contribution is -2.42. The van der Waals surface area contributed by atoms with Crippen LogP contribution in [0.3, 0.4) is 0 Å². The zero-order chi connectivity index (χ0) is 25.0. The molecule has 34 heavy (non-hydrogen) atoms. The second-order valence-corrected chi connectivity index (χ2v) is 9.71. The number of nitrogens with zero attached hydrogens (tertiary/aromatic N) is 3. The van der Waals surface area contributed by atoms with Crippen LogP contribution in [0.15, 0.2) is 23.0 Å². The molecular formula is C26H34ClN5O2. The number of nitrogens with one attached hydrogen (secondary N) is 2. The second-order valence-electron chi connectivity index (χ2n) is 9.27. The first-order chi connectivity index (χ1) is 16.2. The molecule has 8 heteroatoms. The minimum absolute atomic E-state index is 0.0370. The molecule has 0 unspecified atom stereocenters. The summed E-state index contributed by atoms with van der Waals surface area (Å²) in [6.07, 6.45) is 4.48. The molecule has 0 atom stereocenters. The average molecular weight is 484 g/mol. The van der Waals surface area contributed by atoms with Crippen LogP contribution >= 0.6 is 11.6 Å². The number of pyridine rings is 1. The first-order valence-corrected chi connectivity index (χ1v) is 12.2. The van der Waals surface area contributed by atoms with E-state index in [0.29, 0.717) is 28.4 Å². The highest BCUT2D eigenvalue weighted by molar-refractivity contribution is 6.31. The van der Waals surface area contributed by atoms with Crippen molar-refractivity contribution in [3.8, 4) is 6.07 Å². The number of aromatic amines is 1. The third-order valence-electron chi connectivity index (χ3n) is 6.88. The molecule has 7 nitrogen and oxygen atoms in total. The van der Waals surface area contributed by atoms with Crippen LogP contribution in [-0.2, 0) is 6.54 Å². The van der Waals surface area contributed by atoms with E-state index in [4.69, 9.17) is 11.6 Å². The number of carbonyl (C=O) groups is 1. The Morgan fingerprint density at radius 2 is 1.82 bits per heavy atom. The van der Waals surface area contributed by atoms with Gasteiger partial charge < -0.3 is 20.1 Å². The molecule has 182 valence electrons. The molecule has 0 aliphatic heterocycles. The molecule has 1 aromatic carbocycles. The quantitative estimate of drug-likeness (QED) is 0.617. The molecule has 1 aliphatic carbocycles. The van der Waals surface area contributed by atoms with E-state index in [1.807, 2.05) is 19.1 Å². The van der Waals surface area contributed by atoms with Crippen LogP contribution in [0.2, 0.25) is 5.02 Å². The number of aromatic nitrogens is 1. The summed E-state index contributed by atoms with van der Waals surface area (Å²) in [4.78, 5) is 33.0. The number of H-pyrrole nitrogens is 1. The zero-order valence-corrected chi connectivity index (χ0v) is 21.4. The van der Waals surface area contributed by atoms with Crippen LogP contribution in [0.25, 0.3) is 0 Å². The predicted molar refractivity (Wildman–Crippen MR) is 137 cm³/mol. The van der Waals surface area contributed by atoms with Crippen molar-refractivity contribution in [3.05, 3.63) is 61.5 Å². The average Bonchev–Trinajstić information content (AvgIpc) is 2.80. The second kappa shape index (κ2) is 11.1. The zero-order valence-electron chi connectivity index (χ0n) is 20.7. The van der Waals surface area contributed by atoms with Crippen molar-refractivity contribution in [1.82, 2.24) is 15.2 Å². The van der Waals surface area contributed by atoms with Gasteiger partial charge in [0, 0.05) is 53.2 Å². The topological polar surface area (TPSA) is 92.2 Å². The summed E-state index contributed by atoms with van der Waals surface area (Å²) in [5, 5.41) is 12.7. The largest absolute Gasteiger partial charge is 0.369 e. The van der Waals surface area contributed by atoms with Crippen molar-refractivity contribution in [2.45, 2.75) is 65.1 Å². The molecule has 1 aromatic heterocycles. The third kappa shape index (κ3) is 5.63. The van der Waals surface area contributed by atoms with Gasteiger partial charge in [-0.25, -0.2) is 0 Å². The van der Waals surface area contributed by atoms with Crippen molar-refractivity contribution in [1.29, 1.82) is 5.26 Å². The smallest absolute Gasteiger partial charge is 0.251 e. The van der Waals surface area contributed by atoms with E-state index in [0.717, 1.165) is 43.5 Å². The van der Waals surface area contributed by atoms with E-state index in [1.54, 1.807) is 13.0 Å². The van der Waals surface area contributed by atoms with E-state index < -0.39 is 0 Å². The van der Waals surface area contributed by atoms with Gasteiger partial charge >= 0.3 is 0 Å². The Bertz CT molecular complexity index is 1140. The van der Waals surface area contributed by atoms with Gasteiger partial charge in [-0.3, -0.25) is 9.59 Å². The minimum atomic E-state index is -0.322. The summed E-state index contributed by atoms with van der Waals surface area (Å²) in [7, 11) is 4.28. The van der Waals surface area contributed by atoms with Crippen molar-refractivity contribution >= 4 is 23.2 Å². The van der Waals surface area contributed by atoms with Gasteiger partial charge in [0.1, 0.15) is 11.8 Å². The van der Waals surface area contributed by atoms with Crippen LogP contribution < -0.4 is 15.6 Å². The monoisotopic (exact) mass is 483 g/mol. The molecule has 1 aliphatic rings. The van der Waals surface area contributed by atoms with Gasteiger partial charge in [0.05, 0.1) is 5.56 Å². The van der Waals surface area contributed by atoms with E-state index in [9.17, 15) is 14.9 Å².